The Morgan fingerprint density at radius 1 is 0.917 bits per heavy atom. The summed E-state index contributed by atoms with van der Waals surface area (Å²) < 4.78 is 10.7. The van der Waals surface area contributed by atoms with Crippen LogP contribution in [0.1, 0.15) is 17.2 Å². The highest BCUT2D eigenvalue weighted by atomic mass is 16.7. The summed E-state index contributed by atoms with van der Waals surface area (Å²) in [6.07, 6.45) is -1.16. The number of nitro groups is 1. The molecule has 0 spiro atoms. The van der Waals surface area contributed by atoms with Gasteiger partial charge in [0.15, 0.2) is 17.6 Å². The molecule has 0 bridgehead atoms. The minimum Gasteiger partial charge on any atom is -0.493 e. The first-order chi connectivity index (χ1) is 17.4. The van der Waals surface area contributed by atoms with E-state index in [1.165, 1.54) is 31.4 Å². The number of ether oxygens (including phenoxy) is 2. The predicted octanol–water partition coefficient (Wildman–Crippen LogP) is 3.97. The van der Waals surface area contributed by atoms with Gasteiger partial charge in [0.1, 0.15) is 12.0 Å². The third-order valence-corrected chi connectivity index (χ3v) is 6.53. The molecule has 3 atom stereocenters. The Labute approximate surface area is 206 Å². The van der Waals surface area contributed by atoms with Gasteiger partial charge in [0.05, 0.1) is 42.1 Å². The van der Waals surface area contributed by atoms with Crippen molar-refractivity contribution < 1.29 is 28.8 Å². The Morgan fingerprint density at radius 3 is 2.19 bits per heavy atom. The normalized spacial score (nSPS) is 21.0. The summed E-state index contributed by atoms with van der Waals surface area (Å²) in [6, 6.07) is 17.6. The zero-order valence-corrected chi connectivity index (χ0v) is 19.8. The van der Waals surface area contributed by atoms with Crippen LogP contribution in [0.5, 0.6) is 11.5 Å². The summed E-state index contributed by atoms with van der Waals surface area (Å²) in [5.41, 5.74) is 1.63. The first-order valence-corrected chi connectivity index (χ1v) is 11.2. The number of benzene rings is 3. The molecule has 2 aliphatic rings. The first-order valence-electron chi connectivity index (χ1n) is 11.2. The number of imide groups is 1. The van der Waals surface area contributed by atoms with Crippen molar-refractivity contribution in [2.45, 2.75) is 19.1 Å². The van der Waals surface area contributed by atoms with Gasteiger partial charge in [-0.25, -0.2) is 9.96 Å². The van der Waals surface area contributed by atoms with Crippen LogP contribution in [-0.4, -0.2) is 37.1 Å². The molecule has 0 aliphatic carbocycles. The fourth-order valence-corrected chi connectivity index (χ4v) is 4.86. The Balaban J connectivity index is 1.70. The van der Waals surface area contributed by atoms with Crippen LogP contribution in [0.25, 0.3) is 0 Å². The van der Waals surface area contributed by atoms with Crippen LogP contribution in [-0.2, 0) is 14.4 Å². The molecule has 2 amide bonds. The van der Waals surface area contributed by atoms with E-state index in [0.717, 1.165) is 10.5 Å². The molecule has 5 rings (SSSR count). The number of anilines is 2. The minimum atomic E-state index is -1.16. The highest BCUT2D eigenvalue weighted by Crippen LogP contribution is 2.51. The number of hydroxylamine groups is 1. The van der Waals surface area contributed by atoms with Gasteiger partial charge >= 0.3 is 0 Å². The van der Waals surface area contributed by atoms with Gasteiger partial charge in [-0.3, -0.25) is 24.5 Å². The molecule has 184 valence electrons. The molecular formula is C26H23N3O7. The largest absolute Gasteiger partial charge is 0.493 e. The molecule has 0 unspecified atom stereocenters. The maximum absolute atomic E-state index is 13.8. The van der Waals surface area contributed by atoms with Gasteiger partial charge in [-0.2, -0.15) is 0 Å². The zero-order valence-electron chi connectivity index (χ0n) is 19.8. The van der Waals surface area contributed by atoms with Gasteiger partial charge < -0.3 is 9.47 Å². The van der Waals surface area contributed by atoms with Gasteiger partial charge in [0.25, 0.3) is 11.6 Å². The highest BCUT2D eigenvalue weighted by molar-refractivity contribution is 6.24. The number of carbonyl (C=O) groups is 2. The Bertz CT molecular complexity index is 1360. The Hall–Kier alpha value is -4.44. The average molecular weight is 489 g/mol. The number of para-hydroxylation sites is 2. The van der Waals surface area contributed by atoms with Crippen LogP contribution in [0, 0.1) is 23.0 Å². The average Bonchev–Trinajstić information content (AvgIpc) is 3.39. The molecule has 2 aliphatic heterocycles. The van der Waals surface area contributed by atoms with E-state index in [9.17, 15) is 19.7 Å². The van der Waals surface area contributed by atoms with Gasteiger partial charge in [0, 0.05) is 0 Å². The summed E-state index contributed by atoms with van der Waals surface area (Å²) >= 11 is 0. The maximum atomic E-state index is 13.8. The molecule has 3 aromatic rings. The van der Waals surface area contributed by atoms with E-state index in [1.807, 2.05) is 12.1 Å². The molecule has 3 aromatic carbocycles. The number of rotatable bonds is 6. The smallest absolute Gasteiger partial charge is 0.278 e. The van der Waals surface area contributed by atoms with Crippen LogP contribution >= 0.6 is 0 Å². The summed E-state index contributed by atoms with van der Waals surface area (Å²) in [5, 5.41) is 13.6. The second-order valence-electron chi connectivity index (χ2n) is 8.48. The standard InChI is InChI=1S/C26H23N3O7/c1-15-9-7-8-12-18(15)27-25(30)22-23(17-13-20(34-2)21(35-3)14-19(17)29(32)33)28(36-24(22)26(27)31)16-10-5-4-6-11-16/h4-14,22-24H,1-3H3/t22-,23+,24-/m1/s1. The van der Waals surface area contributed by atoms with Crippen molar-refractivity contribution in [1.82, 2.24) is 0 Å². The molecular weight excluding hydrogens is 466 g/mol. The zero-order chi connectivity index (χ0) is 25.6. The fraction of sp³-hybridized carbons (Fsp3) is 0.231. The summed E-state index contributed by atoms with van der Waals surface area (Å²) in [4.78, 5) is 46.2. The third kappa shape index (κ3) is 3.54. The van der Waals surface area contributed by atoms with Crippen LogP contribution in [0.2, 0.25) is 0 Å². The van der Waals surface area contributed by atoms with Crippen molar-refractivity contribution in [2.75, 3.05) is 24.2 Å². The molecule has 0 N–H and O–H groups in total. The monoisotopic (exact) mass is 489 g/mol. The lowest BCUT2D eigenvalue weighted by Gasteiger charge is -2.29. The van der Waals surface area contributed by atoms with Gasteiger partial charge in [-0.15, -0.1) is 0 Å². The lowest BCUT2D eigenvalue weighted by molar-refractivity contribution is -0.385. The summed E-state index contributed by atoms with van der Waals surface area (Å²) in [6.45, 7) is 1.80. The van der Waals surface area contributed by atoms with Gasteiger partial charge in [0.2, 0.25) is 5.91 Å². The number of nitro benzene ring substituents is 1. The van der Waals surface area contributed by atoms with Gasteiger partial charge in [-0.1, -0.05) is 36.4 Å². The van der Waals surface area contributed by atoms with E-state index in [1.54, 1.807) is 49.4 Å². The first kappa shape index (κ1) is 23.3. The minimum absolute atomic E-state index is 0.168. The second kappa shape index (κ2) is 8.97. The predicted molar refractivity (Wildman–Crippen MR) is 130 cm³/mol. The van der Waals surface area contributed by atoms with E-state index in [4.69, 9.17) is 14.3 Å². The molecule has 0 aromatic heterocycles. The fourth-order valence-electron chi connectivity index (χ4n) is 4.86. The molecule has 36 heavy (non-hydrogen) atoms. The van der Waals surface area contributed by atoms with E-state index < -0.39 is 34.8 Å². The van der Waals surface area contributed by atoms with Crippen molar-refractivity contribution in [3.63, 3.8) is 0 Å². The van der Waals surface area contributed by atoms with Crippen LogP contribution in [0.3, 0.4) is 0 Å². The highest BCUT2D eigenvalue weighted by Gasteiger charge is 2.61. The number of methoxy groups -OCH3 is 2. The van der Waals surface area contributed by atoms with Crippen molar-refractivity contribution >= 4 is 28.9 Å². The SMILES string of the molecule is COc1cc([C@H]2[C@H]3C(=O)N(c4ccccc4C)C(=O)[C@@H]3ON2c2ccccc2)c([N+](=O)[O-])cc1OC. The van der Waals surface area contributed by atoms with Crippen molar-refractivity contribution in [1.29, 1.82) is 0 Å². The summed E-state index contributed by atoms with van der Waals surface area (Å²) in [5.74, 6) is -1.63. The Kier molecular flexibility index (Phi) is 5.81. The number of aryl methyl sites for hydroxylation is 1. The Morgan fingerprint density at radius 2 is 1.56 bits per heavy atom. The third-order valence-electron chi connectivity index (χ3n) is 6.53. The number of hydrogen-bond acceptors (Lipinski definition) is 8. The molecule has 2 fully saturated rings. The van der Waals surface area contributed by atoms with Crippen molar-refractivity contribution in [2.24, 2.45) is 5.92 Å². The summed E-state index contributed by atoms with van der Waals surface area (Å²) in [7, 11) is 2.80. The quantitative estimate of drug-likeness (QED) is 0.291. The van der Waals surface area contributed by atoms with E-state index in [-0.39, 0.29) is 22.7 Å². The number of hydrogen-bond donors (Lipinski definition) is 0. The number of fused-ring (bicyclic) bond motifs is 1. The van der Waals surface area contributed by atoms with Crippen molar-refractivity contribution in [3.8, 4) is 11.5 Å². The number of amides is 2. The second-order valence-corrected chi connectivity index (χ2v) is 8.48. The van der Waals surface area contributed by atoms with Crippen LogP contribution < -0.4 is 19.4 Å². The molecule has 0 radical (unpaired) electrons. The maximum Gasteiger partial charge on any atom is 0.278 e. The van der Waals surface area contributed by atoms with Crippen LogP contribution in [0.15, 0.2) is 66.7 Å². The van der Waals surface area contributed by atoms with E-state index in [0.29, 0.717) is 11.4 Å². The van der Waals surface area contributed by atoms with E-state index in [2.05, 4.69) is 0 Å². The molecule has 10 nitrogen and oxygen atoms in total. The number of nitrogens with zero attached hydrogens (tertiary/aromatic N) is 3. The molecule has 10 heteroatoms. The molecule has 0 saturated carbocycles. The van der Waals surface area contributed by atoms with Crippen molar-refractivity contribution in [3.05, 3.63) is 88.0 Å². The topological polar surface area (TPSA) is 111 Å². The molecule has 2 saturated heterocycles. The lowest BCUT2D eigenvalue weighted by Crippen LogP contribution is -2.37. The van der Waals surface area contributed by atoms with E-state index >= 15 is 0 Å². The van der Waals surface area contributed by atoms with Gasteiger partial charge in [-0.05, 0) is 36.8 Å². The molecule has 2 heterocycles. The lowest BCUT2D eigenvalue weighted by atomic mass is 9.89. The van der Waals surface area contributed by atoms with Crippen LogP contribution in [0.4, 0.5) is 17.1 Å². The number of carbonyl (C=O) groups excluding carboxylic acids is 2.